The highest BCUT2D eigenvalue weighted by Gasteiger charge is 2.28. The van der Waals surface area contributed by atoms with Gasteiger partial charge in [-0.1, -0.05) is 185 Å². The summed E-state index contributed by atoms with van der Waals surface area (Å²) in [7, 11) is -4.72. The van der Waals surface area contributed by atoms with E-state index in [9.17, 15) is 23.8 Å². The standard InChI is InChI=1S/C46H84NO10P/c1-3-5-7-9-11-13-15-17-18-19-20-21-22-23-24-26-27-29-31-33-35-37-44(48)54-39-42(40-55-58(52,53)56-41-43(47)46(50)51)57-45(49)38-36-34-32-30-28-25-16-14-12-10-8-6-4-2/h6,8,12,14,25,28,42-43H,3-5,7,9-11,13,15-24,26-27,29-41,47H2,1-2H3,(H,50,51)(H,52,53)/b8-6-,14-12-,28-25-. The van der Waals surface area contributed by atoms with E-state index < -0.39 is 51.1 Å². The third kappa shape index (κ3) is 40.5. The van der Waals surface area contributed by atoms with Crippen LogP contribution < -0.4 is 5.73 Å². The van der Waals surface area contributed by atoms with Crippen LogP contribution in [0.5, 0.6) is 0 Å². The summed E-state index contributed by atoms with van der Waals surface area (Å²) in [5.74, 6) is -2.41. The molecule has 0 fully saturated rings. The number of aliphatic carboxylic acids is 1. The molecule has 0 aliphatic rings. The highest BCUT2D eigenvalue weighted by molar-refractivity contribution is 7.47. The van der Waals surface area contributed by atoms with Crippen LogP contribution in [-0.4, -0.2) is 59.9 Å². The van der Waals surface area contributed by atoms with Crippen molar-refractivity contribution in [1.29, 1.82) is 0 Å². The summed E-state index contributed by atoms with van der Waals surface area (Å²) in [5.41, 5.74) is 5.33. The molecule has 0 aromatic carbocycles. The van der Waals surface area contributed by atoms with Crippen molar-refractivity contribution < 1.29 is 47.5 Å². The molecule has 0 saturated carbocycles. The number of rotatable bonds is 43. The zero-order chi connectivity index (χ0) is 42.8. The molecule has 0 heterocycles. The zero-order valence-corrected chi connectivity index (χ0v) is 37.5. The molecule has 338 valence electrons. The molecule has 0 rings (SSSR count). The summed E-state index contributed by atoms with van der Waals surface area (Å²) in [5, 5.41) is 8.89. The number of unbranched alkanes of at least 4 members (excludes halogenated alkanes) is 23. The van der Waals surface area contributed by atoms with Gasteiger partial charge in [0.15, 0.2) is 6.10 Å². The van der Waals surface area contributed by atoms with Gasteiger partial charge in [-0.25, -0.2) is 4.57 Å². The highest BCUT2D eigenvalue weighted by atomic mass is 31.2. The Morgan fingerprint density at radius 3 is 1.45 bits per heavy atom. The Balaban J connectivity index is 4.25. The Bertz CT molecular complexity index is 1130. The summed E-state index contributed by atoms with van der Waals surface area (Å²) in [6.45, 7) is 2.68. The summed E-state index contributed by atoms with van der Waals surface area (Å²) in [6.07, 6.45) is 45.1. The predicted molar refractivity (Wildman–Crippen MR) is 235 cm³/mol. The van der Waals surface area contributed by atoms with Crippen LogP contribution >= 0.6 is 7.82 Å². The molecule has 3 unspecified atom stereocenters. The summed E-state index contributed by atoms with van der Waals surface area (Å²) >= 11 is 0. The number of carboxylic acids is 1. The zero-order valence-electron chi connectivity index (χ0n) is 36.6. The van der Waals surface area contributed by atoms with Crippen molar-refractivity contribution in [2.24, 2.45) is 5.73 Å². The summed E-state index contributed by atoms with van der Waals surface area (Å²) < 4.78 is 32.7. The molecule has 0 aromatic heterocycles. The molecule has 0 aliphatic heterocycles. The van der Waals surface area contributed by atoms with Gasteiger partial charge in [0, 0.05) is 12.8 Å². The van der Waals surface area contributed by atoms with E-state index in [1.807, 2.05) is 0 Å². The number of allylic oxidation sites excluding steroid dienone is 6. The van der Waals surface area contributed by atoms with Crippen molar-refractivity contribution >= 4 is 25.7 Å². The summed E-state index contributed by atoms with van der Waals surface area (Å²) in [4.78, 5) is 46.0. The Morgan fingerprint density at radius 2 is 0.966 bits per heavy atom. The van der Waals surface area contributed by atoms with Crippen LogP contribution in [0.3, 0.4) is 0 Å². The molecule has 0 amide bonds. The van der Waals surface area contributed by atoms with Crippen molar-refractivity contribution in [3.8, 4) is 0 Å². The molecule has 12 heteroatoms. The topological polar surface area (TPSA) is 172 Å². The molecule has 0 bridgehead atoms. The lowest BCUT2D eigenvalue weighted by molar-refractivity contribution is -0.161. The Hall–Kier alpha value is -2.30. The largest absolute Gasteiger partial charge is 0.480 e. The van der Waals surface area contributed by atoms with Gasteiger partial charge in [-0.3, -0.25) is 23.4 Å². The second-order valence-corrected chi connectivity index (χ2v) is 17.0. The van der Waals surface area contributed by atoms with Crippen LogP contribution in [0.15, 0.2) is 36.5 Å². The third-order valence-corrected chi connectivity index (χ3v) is 10.9. The lowest BCUT2D eigenvalue weighted by atomic mass is 10.0. The van der Waals surface area contributed by atoms with Crippen molar-refractivity contribution in [1.82, 2.24) is 0 Å². The van der Waals surface area contributed by atoms with E-state index in [-0.39, 0.29) is 19.4 Å². The molecule has 0 saturated heterocycles. The van der Waals surface area contributed by atoms with E-state index >= 15 is 0 Å². The first-order valence-electron chi connectivity index (χ1n) is 23.0. The molecular formula is C46H84NO10P. The number of carbonyl (C=O) groups is 3. The van der Waals surface area contributed by atoms with Crippen LogP contribution in [0.1, 0.15) is 206 Å². The first-order chi connectivity index (χ1) is 28.1. The van der Waals surface area contributed by atoms with Crippen LogP contribution in [0, 0.1) is 0 Å². The van der Waals surface area contributed by atoms with Gasteiger partial charge in [0.2, 0.25) is 0 Å². The first kappa shape index (κ1) is 55.7. The monoisotopic (exact) mass is 842 g/mol. The van der Waals surface area contributed by atoms with Gasteiger partial charge in [-0.15, -0.1) is 0 Å². The van der Waals surface area contributed by atoms with Crippen LogP contribution in [0.25, 0.3) is 0 Å². The second-order valence-electron chi connectivity index (χ2n) is 15.5. The number of carbonyl (C=O) groups excluding carboxylic acids is 2. The van der Waals surface area contributed by atoms with E-state index in [1.54, 1.807) is 0 Å². The molecule has 58 heavy (non-hydrogen) atoms. The Morgan fingerprint density at radius 1 is 0.552 bits per heavy atom. The van der Waals surface area contributed by atoms with Gasteiger partial charge in [0.1, 0.15) is 12.6 Å². The fourth-order valence-electron chi connectivity index (χ4n) is 6.32. The van der Waals surface area contributed by atoms with Gasteiger partial charge in [0.05, 0.1) is 13.2 Å². The van der Waals surface area contributed by atoms with E-state index in [4.69, 9.17) is 24.8 Å². The fraction of sp³-hybridized carbons (Fsp3) is 0.804. The normalized spacial score (nSPS) is 14.0. The number of hydrogen-bond donors (Lipinski definition) is 3. The second kappa shape index (κ2) is 41.4. The average molecular weight is 842 g/mol. The molecule has 3 atom stereocenters. The molecule has 0 aliphatic carbocycles. The van der Waals surface area contributed by atoms with Gasteiger partial charge >= 0.3 is 25.7 Å². The molecule has 0 radical (unpaired) electrons. The maximum atomic E-state index is 12.6. The summed E-state index contributed by atoms with van der Waals surface area (Å²) in [6, 6.07) is -1.53. The predicted octanol–water partition coefficient (Wildman–Crippen LogP) is 12.4. The van der Waals surface area contributed by atoms with Crippen molar-refractivity contribution in [2.75, 3.05) is 19.8 Å². The maximum Gasteiger partial charge on any atom is 0.472 e. The van der Waals surface area contributed by atoms with Crippen molar-refractivity contribution in [2.45, 2.75) is 219 Å². The fourth-order valence-corrected chi connectivity index (χ4v) is 7.09. The van der Waals surface area contributed by atoms with E-state index in [2.05, 4.69) is 54.8 Å². The smallest absolute Gasteiger partial charge is 0.472 e. The van der Waals surface area contributed by atoms with Gasteiger partial charge in [-0.2, -0.15) is 0 Å². The third-order valence-electron chi connectivity index (χ3n) is 9.90. The number of esters is 2. The quantitative estimate of drug-likeness (QED) is 0.0231. The number of phosphoric ester groups is 1. The molecule has 11 nitrogen and oxygen atoms in total. The maximum absolute atomic E-state index is 12.6. The lowest BCUT2D eigenvalue weighted by Crippen LogP contribution is -2.34. The van der Waals surface area contributed by atoms with Crippen LogP contribution in [0.2, 0.25) is 0 Å². The number of hydrogen-bond acceptors (Lipinski definition) is 9. The van der Waals surface area contributed by atoms with Crippen LogP contribution in [0.4, 0.5) is 0 Å². The molecule has 0 spiro atoms. The van der Waals surface area contributed by atoms with Gasteiger partial charge < -0.3 is 25.2 Å². The first-order valence-corrected chi connectivity index (χ1v) is 24.5. The van der Waals surface area contributed by atoms with Gasteiger partial charge in [-0.05, 0) is 44.9 Å². The highest BCUT2D eigenvalue weighted by Crippen LogP contribution is 2.43. The minimum Gasteiger partial charge on any atom is -0.480 e. The average Bonchev–Trinajstić information content (AvgIpc) is 3.20. The molecule has 0 aromatic rings. The molecule has 4 N–H and O–H groups in total. The van der Waals surface area contributed by atoms with E-state index in [0.29, 0.717) is 12.8 Å². The molecular weight excluding hydrogens is 757 g/mol. The number of carboxylic acid groups (broad SMARTS) is 1. The minimum atomic E-state index is -4.72. The Labute approximate surface area is 353 Å². The Kier molecular flexibility index (Phi) is 39.8. The van der Waals surface area contributed by atoms with Crippen molar-refractivity contribution in [3.63, 3.8) is 0 Å². The SMILES string of the molecule is CC/C=C\C/C=C\C/C=C\CCCCCC(=O)OC(COC(=O)CCCCCCCCCCCCCCCCCCCCCCC)COP(=O)(O)OCC(N)C(=O)O. The van der Waals surface area contributed by atoms with E-state index in [1.165, 1.54) is 109 Å². The number of ether oxygens (including phenoxy) is 2. The minimum absolute atomic E-state index is 0.127. The van der Waals surface area contributed by atoms with E-state index in [0.717, 1.165) is 57.8 Å². The lowest BCUT2D eigenvalue weighted by Gasteiger charge is -2.20. The van der Waals surface area contributed by atoms with Gasteiger partial charge in [0.25, 0.3) is 0 Å². The number of nitrogens with two attached hydrogens (primary N) is 1. The van der Waals surface area contributed by atoms with Crippen LogP contribution in [-0.2, 0) is 37.5 Å². The number of phosphoric acid groups is 1. The van der Waals surface area contributed by atoms with Crippen molar-refractivity contribution in [3.05, 3.63) is 36.5 Å².